The van der Waals surface area contributed by atoms with Crippen molar-refractivity contribution in [2.24, 2.45) is 0 Å². The molecule has 1 heterocycles. The van der Waals surface area contributed by atoms with Crippen LogP contribution >= 0.6 is 0 Å². The van der Waals surface area contributed by atoms with Crippen LogP contribution in [0.3, 0.4) is 0 Å². The summed E-state index contributed by atoms with van der Waals surface area (Å²) in [4.78, 5) is 4.61. The Balaban J connectivity index is 2.45. The van der Waals surface area contributed by atoms with E-state index in [0.29, 0.717) is 10.6 Å². The molecule has 0 unspecified atom stereocenters. The second-order valence-electron chi connectivity index (χ2n) is 6.17. The third kappa shape index (κ3) is 3.36. The Bertz CT molecular complexity index is 759. The van der Waals surface area contributed by atoms with Gasteiger partial charge in [-0.15, -0.1) is 0 Å². The van der Waals surface area contributed by atoms with Crippen LogP contribution in [0.5, 0.6) is 0 Å². The molecule has 0 atom stereocenters. The maximum absolute atomic E-state index is 12.8. The fraction of sp³-hybridized carbons (Fsp3) is 0.353. The van der Waals surface area contributed by atoms with Gasteiger partial charge in [0.1, 0.15) is 0 Å². The summed E-state index contributed by atoms with van der Waals surface area (Å²) in [5.74, 6) is 0. The van der Waals surface area contributed by atoms with E-state index in [-0.39, 0.29) is 0 Å². The lowest BCUT2D eigenvalue weighted by Gasteiger charge is -2.26. The van der Waals surface area contributed by atoms with Gasteiger partial charge in [-0.3, -0.25) is 4.98 Å². The molecule has 4 nitrogen and oxygen atoms in total. The van der Waals surface area contributed by atoms with Crippen molar-refractivity contribution in [2.45, 2.75) is 45.1 Å². The quantitative estimate of drug-likeness (QED) is 0.941. The molecule has 2 aromatic rings. The molecule has 1 aromatic heterocycles. The molecule has 0 radical (unpaired) electrons. The van der Waals surface area contributed by atoms with Crippen LogP contribution < -0.4 is 4.72 Å². The highest BCUT2D eigenvalue weighted by molar-refractivity contribution is 7.89. The zero-order valence-electron chi connectivity index (χ0n) is 13.6. The second kappa shape index (κ2) is 5.82. The molecular formula is C17H22N2O2S. The number of pyridine rings is 1. The largest absolute Gasteiger partial charge is 0.259 e. The predicted octanol–water partition coefficient (Wildman–Crippen LogP) is 3.22. The highest BCUT2D eigenvalue weighted by Crippen LogP contribution is 2.26. The van der Waals surface area contributed by atoms with Gasteiger partial charge in [-0.05, 0) is 57.9 Å². The van der Waals surface area contributed by atoms with Gasteiger partial charge >= 0.3 is 0 Å². The van der Waals surface area contributed by atoms with Gasteiger partial charge in [-0.25, -0.2) is 8.42 Å². The van der Waals surface area contributed by atoms with Gasteiger partial charge in [-0.1, -0.05) is 23.8 Å². The van der Waals surface area contributed by atoms with Gasteiger partial charge in [0.15, 0.2) is 0 Å². The average Bonchev–Trinajstić information content (AvgIpc) is 2.36. The number of hydrogen-bond donors (Lipinski definition) is 1. The standard InChI is InChI=1S/C17H22N2O2S/c1-12-10-13(2)16(14(3)11-12)22(20,21)19-17(4,5)15-8-6-7-9-18-15/h6-11,19H,1-5H3. The van der Waals surface area contributed by atoms with E-state index in [9.17, 15) is 8.42 Å². The smallest absolute Gasteiger partial charge is 0.241 e. The zero-order valence-corrected chi connectivity index (χ0v) is 14.5. The first-order valence-corrected chi connectivity index (χ1v) is 8.65. The summed E-state index contributed by atoms with van der Waals surface area (Å²) < 4.78 is 28.4. The van der Waals surface area contributed by atoms with Gasteiger partial charge in [-0.2, -0.15) is 4.72 Å². The second-order valence-corrected chi connectivity index (χ2v) is 7.79. The van der Waals surface area contributed by atoms with Crippen molar-refractivity contribution in [3.05, 3.63) is 58.9 Å². The molecule has 0 aliphatic rings. The van der Waals surface area contributed by atoms with E-state index < -0.39 is 15.6 Å². The molecule has 0 aliphatic heterocycles. The van der Waals surface area contributed by atoms with Crippen LogP contribution in [0.25, 0.3) is 0 Å². The lowest BCUT2D eigenvalue weighted by Crippen LogP contribution is -2.42. The number of aryl methyl sites for hydroxylation is 3. The van der Waals surface area contributed by atoms with Gasteiger partial charge < -0.3 is 0 Å². The zero-order chi connectivity index (χ0) is 16.5. The van der Waals surface area contributed by atoms with Crippen molar-refractivity contribution < 1.29 is 8.42 Å². The lowest BCUT2D eigenvalue weighted by molar-refractivity contribution is 0.459. The van der Waals surface area contributed by atoms with Gasteiger partial charge in [0.05, 0.1) is 16.1 Å². The summed E-state index contributed by atoms with van der Waals surface area (Å²) in [6, 6.07) is 9.24. The van der Waals surface area contributed by atoms with Gasteiger partial charge in [0.2, 0.25) is 10.0 Å². The Morgan fingerprint density at radius 1 is 1.05 bits per heavy atom. The first-order valence-electron chi connectivity index (χ1n) is 7.17. The average molecular weight is 318 g/mol. The number of hydrogen-bond acceptors (Lipinski definition) is 3. The maximum atomic E-state index is 12.8. The van der Waals surface area contributed by atoms with Crippen molar-refractivity contribution in [1.82, 2.24) is 9.71 Å². The first-order chi connectivity index (χ1) is 10.1. The molecule has 0 fully saturated rings. The fourth-order valence-corrected chi connectivity index (χ4v) is 4.61. The third-order valence-corrected chi connectivity index (χ3v) is 5.53. The SMILES string of the molecule is Cc1cc(C)c(S(=O)(=O)NC(C)(C)c2ccccn2)c(C)c1. The molecule has 1 N–H and O–H groups in total. The summed E-state index contributed by atoms with van der Waals surface area (Å²) in [7, 11) is -3.63. The molecule has 0 spiro atoms. The molecule has 0 saturated carbocycles. The molecular weight excluding hydrogens is 296 g/mol. The van der Waals surface area contributed by atoms with Crippen molar-refractivity contribution in [1.29, 1.82) is 0 Å². The van der Waals surface area contributed by atoms with Crippen molar-refractivity contribution in [2.75, 3.05) is 0 Å². The maximum Gasteiger partial charge on any atom is 0.241 e. The number of rotatable bonds is 4. The van der Waals surface area contributed by atoms with Crippen molar-refractivity contribution in [3.8, 4) is 0 Å². The summed E-state index contributed by atoms with van der Waals surface area (Å²) >= 11 is 0. The van der Waals surface area contributed by atoms with Crippen molar-refractivity contribution in [3.63, 3.8) is 0 Å². The summed E-state index contributed by atoms with van der Waals surface area (Å²) in [5.41, 5.74) is 2.45. The first kappa shape index (κ1) is 16.6. The van der Waals surface area contributed by atoms with Crippen LogP contribution in [0.4, 0.5) is 0 Å². The van der Waals surface area contributed by atoms with E-state index >= 15 is 0 Å². The van der Waals surface area contributed by atoms with Crippen LogP contribution in [-0.2, 0) is 15.6 Å². The molecule has 0 amide bonds. The number of nitrogens with zero attached hydrogens (tertiary/aromatic N) is 1. The molecule has 0 aliphatic carbocycles. The Labute approximate surface area is 132 Å². The monoisotopic (exact) mass is 318 g/mol. The molecule has 0 bridgehead atoms. The Kier molecular flexibility index (Phi) is 4.40. The fourth-order valence-electron chi connectivity index (χ4n) is 2.76. The highest BCUT2D eigenvalue weighted by atomic mass is 32.2. The normalized spacial score (nSPS) is 12.4. The van der Waals surface area contributed by atoms with Crippen LogP contribution in [0.2, 0.25) is 0 Å². The van der Waals surface area contributed by atoms with E-state index in [1.165, 1.54) is 0 Å². The van der Waals surface area contributed by atoms with E-state index in [2.05, 4.69) is 9.71 Å². The number of sulfonamides is 1. The Hall–Kier alpha value is -1.72. The van der Waals surface area contributed by atoms with E-state index in [4.69, 9.17) is 0 Å². The third-order valence-electron chi connectivity index (χ3n) is 3.57. The number of benzene rings is 1. The summed E-state index contributed by atoms with van der Waals surface area (Å²) in [6.45, 7) is 9.23. The Morgan fingerprint density at radius 2 is 1.64 bits per heavy atom. The van der Waals surface area contributed by atoms with Gasteiger partial charge in [0, 0.05) is 6.20 Å². The van der Waals surface area contributed by atoms with E-state index in [1.54, 1.807) is 6.20 Å². The topological polar surface area (TPSA) is 59.1 Å². The summed E-state index contributed by atoms with van der Waals surface area (Å²) in [5, 5.41) is 0. The summed E-state index contributed by atoms with van der Waals surface area (Å²) in [6.07, 6.45) is 1.66. The molecule has 2 rings (SSSR count). The van der Waals surface area contributed by atoms with Crippen LogP contribution in [0.15, 0.2) is 41.4 Å². The van der Waals surface area contributed by atoms with Gasteiger partial charge in [0.25, 0.3) is 0 Å². The molecule has 118 valence electrons. The van der Waals surface area contributed by atoms with Crippen LogP contribution in [0, 0.1) is 20.8 Å². The molecule has 0 saturated heterocycles. The van der Waals surface area contributed by atoms with Crippen molar-refractivity contribution >= 4 is 10.0 Å². The Morgan fingerprint density at radius 3 is 2.14 bits per heavy atom. The number of nitrogens with one attached hydrogen (secondary N) is 1. The molecule has 1 aromatic carbocycles. The van der Waals surface area contributed by atoms with Crippen LogP contribution in [0.1, 0.15) is 36.2 Å². The highest BCUT2D eigenvalue weighted by Gasteiger charge is 2.30. The van der Waals surface area contributed by atoms with Crippen LogP contribution in [-0.4, -0.2) is 13.4 Å². The minimum absolute atomic E-state index is 0.349. The predicted molar refractivity (Wildman–Crippen MR) is 88.2 cm³/mol. The molecule has 5 heteroatoms. The lowest BCUT2D eigenvalue weighted by atomic mass is 10.0. The van der Waals surface area contributed by atoms with E-state index in [1.807, 2.05) is 65.0 Å². The minimum Gasteiger partial charge on any atom is -0.259 e. The number of aromatic nitrogens is 1. The van der Waals surface area contributed by atoms with E-state index in [0.717, 1.165) is 16.7 Å². The molecule has 22 heavy (non-hydrogen) atoms. The minimum atomic E-state index is -3.63.